The summed E-state index contributed by atoms with van der Waals surface area (Å²) >= 11 is 0. The van der Waals surface area contributed by atoms with E-state index in [0.717, 1.165) is 16.7 Å². The zero-order valence-corrected chi connectivity index (χ0v) is 14.2. The van der Waals surface area contributed by atoms with Crippen LogP contribution in [0.15, 0.2) is 47.4 Å². The van der Waals surface area contributed by atoms with E-state index >= 15 is 0 Å². The molecule has 0 aromatic heterocycles. The maximum absolute atomic E-state index is 12.2. The number of nitrogens with one attached hydrogen (secondary N) is 2. The first-order chi connectivity index (χ1) is 10.8. The van der Waals surface area contributed by atoms with Crippen molar-refractivity contribution in [1.82, 2.24) is 4.72 Å². The van der Waals surface area contributed by atoms with Crippen LogP contribution >= 0.6 is 0 Å². The second-order valence-corrected chi connectivity index (χ2v) is 7.22. The maximum atomic E-state index is 12.2. The van der Waals surface area contributed by atoms with Crippen LogP contribution in [-0.2, 0) is 14.8 Å². The standard InChI is InChI=1S/C17H20N2O3S/c1-12-6-4-9-15(10-12)23(21,22)18-11-16(20)19-17-13(2)7-5-8-14(17)3/h4-10,18H,11H2,1-3H3,(H,19,20). The number of rotatable bonds is 5. The number of carbonyl (C=O) groups excluding carboxylic acids is 1. The number of amides is 1. The van der Waals surface area contributed by atoms with Crippen LogP contribution in [0, 0.1) is 20.8 Å². The van der Waals surface area contributed by atoms with E-state index < -0.39 is 15.9 Å². The van der Waals surface area contributed by atoms with Crippen LogP contribution in [0.1, 0.15) is 16.7 Å². The summed E-state index contributed by atoms with van der Waals surface area (Å²) < 4.78 is 26.7. The van der Waals surface area contributed by atoms with Crippen molar-refractivity contribution in [3.63, 3.8) is 0 Å². The van der Waals surface area contributed by atoms with Gasteiger partial charge in [0.05, 0.1) is 11.4 Å². The molecular weight excluding hydrogens is 312 g/mol. The number of hydrogen-bond donors (Lipinski definition) is 2. The van der Waals surface area contributed by atoms with Gasteiger partial charge in [0.15, 0.2) is 0 Å². The Balaban J connectivity index is 2.04. The van der Waals surface area contributed by atoms with Crippen LogP contribution < -0.4 is 10.0 Å². The Morgan fingerprint density at radius 2 is 1.61 bits per heavy atom. The summed E-state index contributed by atoms with van der Waals surface area (Å²) in [6.07, 6.45) is 0. The minimum Gasteiger partial charge on any atom is -0.324 e. The van der Waals surface area contributed by atoms with E-state index in [2.05, 4.69) is 10.0 Å². The van der Waals surface area contributed by atoms with Gasteiger partial charge in [0.2, 0.25) is 15.9 Å². The third kappa shape index (κ3) is 4.40. The van der Waals surface area contributed by atoms with E-state index in [-0.39, 0.29) is 11.4 Å². The molecule has 2 aromatic rings. The van der Waals surface area contributed by atoms with Crippen LogP contribution in [0.5, 0.6) is 0 Å². The van der Waals surface area contributed by atoms with Gasteiger partial charge < -0.3 is 5.32 Å². The lowest BCUT2D eigenvalue weighted by atomic mass is 10.1. The molecule has 0 saturated heterocycles. The van der Waals surface area contributed by atoms with Gasteiger partial charge in [-0.15, -0.1) is 0 Å². The summed E-state index contributed by atoms with van der Waals surface area (Å²) in [4.78, 5) is 12.2. The second kappa shape index (κ2) is 6.93. The highest BCUT2D eigenvalue weighted by Crippen LogP contribution is 2.19. The molecule has 0 radical (unpaired) electrons. The number of hydrogen-bond acceptors (Lipinski definition) is 3. The summed E-state index contributed by atoms with van der Waals surface area (Å²) in [6, 6.07) is 12.2. The minimum atomic E-state index is -3.70. The molecule has 2 N–H and O–H groups in total. The Bertz CT molecular complexity index is 809. The molecule has 1 amide bonds. The zero-order chi connectivity index (χ0) is 17.0. The fourth-order valence-electron chi connectivity index (χ4n) is 2.22. The monoisotopic (exact) mass is 332 g/mol. The Kier molecular flexibility index (Phi) is 5.18. The fraction of sp³-hybridized carbons (Fsp3) is 0.235. The quantitative estimate of drug-likeness (QED) is 0.883. The van der Waals surface area contributed by atoms with Gasteiger partial charge in [-0.05, 0) is 49.6 Å². The van der Waals surface area contributed by atoms with Crippen molar-refractivity contribution in [2.24, 2.45) is 0 Å². The van der Waals surface area contributed by atoms with Crippen molar-refractivity contribution in [2.75, 3.05) is 11.9 Å². The van der Waals surface area contributed by atoms with Gasteiger partial charge in [0, 0.05) is 5.69 Å². The first-order valence-electron chi connectivity index (χ1n) is 7.22. The molecule has 2 rings (SSSR count). The molecule has 23 heavy (non-hydrogen) atoms. The van der Waals surface area contributed by atoms with Crippen molar-refractivity contribution in [1.29, 1.82) is 0 Å². The highest BCUT2D eigenvalue weighted by atomic mass is 32.2. The van der Waals surface area contributed by atoms with E-state index in [1.54, 1.807) is 12.1 Å². The van der Waals surface area contributed by atoms with Gasteiger partial charge >= 0.3 is 0 Å². The third-order valence-corrected chi connectivity index (χ3v) is 4.87. The Morgan fingerprint density at radius 3 is 2.22 bits per heavy atom. The van der Waals surface area contributed by atoms with Gasteiger partial charge in [0.25, 0.3) is 0 Å². The topological polar surface area (TPSA) is 75.3 Å². The first kappa shape index (κ1) is 17.2. The van der Waals surface area contributed by atoms with Gasteiger partial charge in [-0.1, -0.05) is 30.3 Å². The third-order valence-electron chi connectivity index (χ3n) is 3.47. The molecule has 0 atom stereocenters. The smallest absolute Gasteiger partial charge is 0.241 e. The van der Waals surface area contributed by atoms with Crippen LogP contribution in [0.25, 0.3) is 0 Å². The van der Waals surface area contributed by atoms with Crippen molar-refractivity contribution < 1.29 is 13.2 Å². The van der Waals surface area contributed by atoms with Crippen LogP contribution in [0.3, 0.4) is 0 Å². The van der Waals surface area contributed by atoms with Crippen molar-refractivity contribution in [2.45, 2.75) is 25.7 Å². The lowest BCUT2D eigenvalue weighted by molar-refractivity contribution is -0.115. The number of aryl methyl sites for hydroxylation is 3. The van der Waals surface area contributed by atoms with E-state index in [0.29, 0.717) is 5.69 Å². The molecule has 5 nitrogen and oxygen atoms in total. The lowest BCUT2D eigenvalue weighted by Gasteiger charge is -2.12. The molecule has 0 saturated carbocycles. The van der Waals surface area contributed by atoms with Gasteiger partial charge in [-0.25, -0.2) is 13.1 Å². The zero-order valence-electron chi connectivity index (χ0n) is 13.4. The molecule has 0 aliphatic rings. The SMILES string of the molecule is Cc1cccc(S(=O)(=O)NCC(=O)Nc2c(C)cccc2C)c1. The molecule has 0 aliphatic heterocycles. The number of sulfonamides is 1. The fourth-order valence-corrected chi connectivity index (χ4v) is 3.31. The molecule has 6 heteroatoms. The molecule has 2 aromatic carbocycles. The van der Waals surface area contributed by atoms with E-state index in [4.69, 9.17) is 0 Å². The van der Waals surface area contributed by atoms with Gasteiger partial charge in [-0.3, -0.25) is 4.79 Å². The summed E-state index contributed by atoms with van der Waals surface area (Å²) in [5.74, 6) is -0.404. The molecule has 0 spiro atoms. The molecule has 122 valence electrons. The van der Waals surface area contributed by atoms with Gasteiger partial charge in [0.1, 0.15) is 0 Å². The average Bonchev–Trinajstić information content (AvgIpc) is 2.49. The van der Waals surface area contributed by atoms with E-state index in [1.807, 2.05) is 45.0 Å². The summed E-state index contributed by atoms with van der Waals surface area (Å²) in [7, 11) is -3.70. The number of anilines is 1. The summed E-state index contributed by atoms with van der Waals surface area (Å²) in [5.41, 5.74) is 3.42. The average molecular weight is 332 g/mol. The number of benzene rings is 2. The van der Waals surface area contributed by atoms with Crippen molar-refractivity contribution in [3.05, 3.63) is 59.2 Å². The molecule has 0 fully saturated rings. The van der Waals surface area contributed by atoms with Crippen LogP contribution in [0.2, 0.25) is 0 Å². The predicted molar refractivity (Wildman–Crippen MR) is 90.9 cm³/mol. The van der Waals surface area contributed by atoms with Gasteiger partial charge in [-0.2, -0.15) is 0 Å². The molecule has 0 heterocycles. The Morgan fingerprint density at radius 1 is 1.00 bits per heavy atom. The highest BCUT2D eigenvalue weighted by molar-refractivity contribution is 7.89. The minimum absolute atomic E-state index is 0.150. The molecule has 0 unspecified atom stereocenters. The molecule has 0 bridgehead atoms. The van der Waals surface area contributed by atoms with Crippen molar-refractivity contribution >= 4 is 21.6 Å². The number of para-hydroxylation sites is 1. The van der Waals surface area contributed by atoms with E-state index in [1.165, 1.54) is 6.07 Å². The normalized spacial score (nSPS) is 11.3. The van der Waals surface area contributed by atoms with Crippen LogP contribution in [-0.4, -0.2) is 20.9 Å². The molecule has 0 aliphatic carbocycles. The van der Waals surface area contributed by atoms with E-state index in [9.17, 15) is 13.2 Å². The largest absolute Gasteiger partial charge is 0.324 e. The second-order valence-electron chi connectivity index (χ2n) is 5.46. The Hall–Kier alpha value is -2.18. The Labute approximate surface area is 136 Å². The highest BCUT2D eigenvalue weighted by Gasteiger charge is 2.16. The first-order valence-corrected chi connectivity index (χ1v) is 8.70. The van der Waals surface area contributed by atoms with Crippen molar-refractivity contribution in [3.8, 4) is 0 Å². The molecular formula is C17H20N2O3S. The van der Waals surface area contributed by atoms with Crippen LogP contribution in [0.4, 0.5) is 5.69 Å². The summed E-state index contributed by atoms with van der Waals surface area (Å²) in [5, 5.41) is 2.75. The predicted octanol–water partition coefficient (Wildman–Crippen LogP) is 2.53. The number of carbonyl (C=O) groups is 1. The summed E-state index contributed by atoms with van der Waals surface area (Å²) in [6.45, 7) is 5.27. The lowest BCUT2D eigenvalue weighted by Crippen LogP contribution is -2.33. The maximum Gasteiger partial charge on any atom is 0.241 e.